The lowest BCUT2D eigenvalue weighted by molar-refractivity contribution is 0.482. The van der Waals surface area contributed by atoms with Crippen LogP contribution in [0.2, 0.25) is 0 Å². The van der Waals surface area contributed by atoms with Crippen molar-refractivity contribution < 1.29 is 0 Å². The van der Waals surface area contributed by atoms with Crippen molar-refractivity contribution in [1.82, 2.24) is 23.4 Å². The summed E-state index contributed by atoms with van der Waals surface area (Å²) in [4.78, 5) is 32.0. The number of nitrogens with zero attached hydrogens (tertiary/aromatic N) is 5. The Labute approximate surface area is 157 Å². The monoisotopic (exact) mass is 397 g/mol. The van der Waals surface area contributed by atoms with Gasteiger partial charge in [-0.1, -0.05) is 24.0 Å². The second-order valence-corrected chi connectivity index (χ2v) is 8.01. The number of thioether (sulfide) groups is 1. The van der Waals surface area contributed by atoms with Gasteiger partial charge in [0.05, 0.1) is 0 Å². The molecule has 0 unspecified atom stereocenters. The van der Waals surface area contributed by atoms with Crippen LogP contribution in [0.1, 0.15) is 19.5 Å². The van der Waals surface area contributed by atoms with Crippen molar-refractivity contribution >= 4 is 55.8 Å². The average Bonchev–Trinajstić information content (AvgIpc) is 3.16. The molecule has 0 atom stereocenters. The Morgan fingerprint density at radius 2 is 1.96 bits per heavy atom. The van der Waals surface area contributed by atoms with Crippen LogP contribution in [0.25, 0.3) is 16.1 Å². The number of fused-ring (bicyclic) bond motifs is 3. The van der Waals surface area contributed by atoms with Crippen LogP contribution in [-0.2, 0) is 19.8 Å². The van der Waals surface area contributed by atoms with Crippen molar-refractivity contribution in [3.63, 3.8) is 0 Å². The Morgan fingerprint density at radius 3 is 2.60 bits per heavy atom. The number of thiazole rings is 1. The van der Waals surface area contributed by atoms with E-state index in [1.807, 2.05) is 9.78 Å². The van der Waals surface area contributed by atoms with Crippen molar-refractivity contribution in [2.24, 2.45) is 14.1 Å². The van der Waals surface area contributed by atoms with E-state index in [4.69, 9.17) is 12.2 Å². The van der Waals surface area contributed by atoms with Gasteiger partial charge in [0.2, 0.25) is 0 Å². The van der Waals surface area contributed by atoms with Crippen LogP contribution in [0.15, 0.2) is 15.0 Å². The van der Waals surface area contributed by atoms with E-state index in [2.05, 4.69) is 23.7 Å². The van der Waals surface area contributed by atoms with Gasteiger partial charge in [-0.05, 0) is 13.8 Å². The Kier molecular flexibility index (Phi) is 5.03. The normalized spacial score (nSPS) is 11.5. The quantitative estimate of drug-likeness (QED) is 0.626. The van der Waals surface area contributed by atoms with Gasteiger partial charge in [-0.2, -0.15) is 0 Å². The molecule has 10 heteroatoms. The lowest BCUT2D eigenvalue weighted by Crippen LogP contribution is -2.37. The van der Waals surface area contributed by atoms with Crippen LogP contribution in [0, 0.1) is 0 Å². The number of aromatic nitrogens is 4. The van der Waals surface area contributed by atoms with E-state index >= 15 is 0 Å². The van der Waals surface area contributed by atoms with Crippen molar-refractivity contribution in [1.29, 1.82) is 0 Å². The van der Waals surface area contributed by atoms with Crippen LogP contribution in [0.3, 0.4) is 0 Å². The van der Waals surface area contributed by atoms with Gasteiger partial charge in [-0.15, -0.1) is 11.3 Å². The standard InChI is InChI=1S/C15H19N5O2S3/c1-5-19(6-2)15(23)25-8-9-7-24-13-16-11-10(20(9)13)12(21)18(4)14(22)17(11)3/h7H,5-6,8H2,1-4H3. The molecule has 3 rings (SSSR count). The molecule has 0 fully saturated rings. The Hall–Kier alpha value is -1.65. The fourth-order valence-corrected chi connectivity index (χ4v) is 5.05. The molecule has 7 nitrogen and oxygen atoms in total. The van der Waals surface area contributed by atoms with Crippen molar-refractivity contribution in [2.45, 2.75) is 19.6 Å². The molecule has 0 aliphatic rings. The molecule has 0 saturated carbocycles. The molecule has 0 aliphatic carbocycles. The summed E-state index contributed by atoms with van der Waals surface area (Å²) in [6.07, 6.45) is 0. The molecular weight excluding hydrogens is 378 g/mol. The van der Waals surface area contributed by atoms with Crippen molar-refractivity contribution in [3.05, 3.63) is 31.9 Å². The van der Waals surface area contributed by atoms with Crippen LogP contribution < -0.4 is 11.2 Å². The lowest BCUT2D eigenvalue weighted by Gasteiger charge is -2.20. The van der Waals surface area contributed by atoms with E-state index in [0.717, 1.165) is 27.7 Å². The maximum atomic E-state index is 12.6. The maximum Gasteiger partial charge on any atom is 0.332 e. The smallest absolute Gasteiger partial charge is 0.332 e. The van der Waals surface area contributed by atoms with E-state index in [-0.39, 0.29) is 11.2 Å². The molecule has 0 aromatic carbocycles. The number of rotatable bonds is 4. The first-order valence-corrected chi connectivity index (χ1v) is 10.1. The van der Waals surface area contributed by atoms with Gasteiger partial charge < -0.3 is 4.90 Å². The second-order valence-electron chi connectivity index (χ2n) is 5.56. The van der Waals surface area contributed by atoms with Gasteiger partial charge in [-0.25, -0.2) is 9.78 Å². The molecule has 25 heavy (non-hydrogen) atoms. The van der Waals surface area contributed by atoms with Crippen LogP contribution >= 0.6 is 35.3 Å². The molecule has 134 valence electrons. The molecule has 3 aromatic heterocycles. The molecule has 0 saturated heterocycles. The maximum absolute atomic E-state index is 12.6. The van der Waals surface area contributed by atoms with Gasteiger partial charge >= 0.3 is 5.69 Å². The third-order valence-corrected chi connectivity index (χ3v) is 6.61. The third kappa shape index (κ3) is 2.91. The van der Waals surface area contributed by atoms with Crippen molar-refractivity contribution in [3.8, 4) is 0 Å². The second kappa shape index (κ2) is 6.93. The van der Waals surface area contributed by atoms with Gasteiger partial charge in [-0.3, -0.25) is 18.3 Å². The summed E-state index contributed by atoms with van der Waals surface area (Å²) in [7, 11) is 3.12. The minimum atomic E-state index is -0.373. The SMILES string of the molecule is CCN(CC)C(=S)SCc1csc2nc3c(c(=O)n(C)c(=O)n3C)n12. The number of hydrogen-bond acceptors (Lipinski definition) is 6. The predicted octanol–water partition coefficient (Wildman–Crippen LogP) is 1.81. The highest BCUT2D eigenvalue weighted by molar-refractivity contribution is 8.22. The Morgan fingerprint density at radius 1 is 1.28 bits per heavy atom. The molecule has 0 N–H and O–H groups in total. The first kappa shape index (κ1) is 18.2. The number of hydrogen-bond donors (Lipinski definition) is 0. The van der Waals surface area contributed by atoms with Crippen molar-refractivity contribution in [2.75, 3.05) is 13.1 Å². The number of aryl methyl sites for hydroxylation is 1. The summed E-state index contributed by atoms with van der Waals surface area (Å²) < 4.78 is 5.22. The minimum Gasteiger partial charge on any atom is -0.358 e. The highest BCUT2D eigenvalue weighted by Crippen LogP contribution is 2.25. The molecule has 0 radical (unpaired) electrons. The largest absolute Gasteiger partial charge is 0.358 e. The predicted molar refractivity (Wildman–Crippen MR) is 108 cm³/mol. The molecule has 3 heterocycles. The molecular formula is C15H19N5O2S3. The zero-order valence-corrected chi connectivity index (χ0v) is 16.9. The van der Waals surface area contributed by atoms with Crippen LogP contribution in [-0.4, -0.2) is 40.8 Å². The van der Waals surface area contributed by atoms with Crippen LogP contribution in [0.4, 0.5) is 0 Å². The molecule has 0 aliphatic heterocycles. The summed E-state index contributed by atoms with van der Waals surface area (Å²) in [5.74, 6) is 0.646. The van der Waals surface area contributed by atoms with Gasteiger partial charge in [0.25, 0.3) is 5.56 Å². The topological polar surface area (TPSA) is 64.5 Å². The van der Waals surface area contributed by atoms with Gasteiger partial charge in [0.15, 0.2) is 16.1 Å². The summed E-state index contributed by atoms with van der Waals surface area (Å²) in [6, 6.07) is 0. The number of imidazole rings is 1. The Bertz CT molecular complexity index is 1070. The summed E-state index contributed by atoms with van der Waals surface area (Å²) in [5.41, 5.74) is 1.10. The highest BCUT2D eigenvalue weighted by atomic mass is 32.2. The zero-order valence-electron chi connectivity index (χ0n) is 14.5. The zero-order chi connectivity index (χ0) is 18.3. The third-order valence-electron chi connectivity index (χ3n) is 4.18. The fourth-order valence-electron chi connectivity index (χ4n) is 2.70. The van der Waals surface area contributed by atoms with Gasteiger partial charge in [0.1, 0.15) is 4.32 Å². The number of thiocarbonyl (C=S) groups is 1. The summed E-state index contributed by atoms with van der Waals surface area (Å²) >= 11 is 8.52. The van der Waals surface area contributed by atoms with E-state index in [1.165, 1.54) is 23.0 Å². The molecule has 0 spiro atoms. The first-order chi connectivity index (χ1) is 11.9. The van der Waals surface area contributed by atoms with E-state index < -0.39 is 0 Å². The minimum absolute atomic E-state index is 0.332. The lowest BCUT2D eigenvalue weighted by atomic mass is 10.5. The van der Waals surface area contributed by atoms with E-state index in [9.17, 15) is 9.59 Å². The Balaban J connectivity index is 2.08. The van der Waals surface area contributed by atoms with E-state index in [1.54, 1.807) is 18.8 Å². The first-order valence-electron chi connectivity index (χ1n) is 7.86. The summed E-state index contributed by atoms with van der Waals surface area (Å²) in [6.45, 7) is 5.90. The summed E-state index contributed by atoms with van der Waals surface area (Å²) in [5, 5.41) is 1.99. The highest BCUT2D eigenvalue weighted by Gasteiger charge is 2.19. The van der Waals surface area contributed by atoms with Crippen LogP contribution in [0.5, 0.6) is 0 Å². The molecule has 0 amide bonds. The van der Waals surface area contributed by atoms with Gasteiger partial charge in [0, 0.05) is 44.0 Å². The average molecular weight is 398 g/mol. The molecule has 3 aromatic rings. The molecule has 0 bridgehead atoms. The van der Waals surface area contributed by atoms with E-state index in [0.29, 0.717) is 21.9 Å². The fraction of sp³-hybridized carbons (Fsp3) is 0.467.